The van der Waals surface area contributed by atoms with Gasteiger partial charge >= 0.3 is 0 Å². The summed E-state index contributed by atoms with van der Waals surface area (Å²) in [6.07, 6.45) is -0.798. The molecule has 0 saturated carbocycles. The molecule has 0 bridgehead atoms. The van der Waals surface area contributed by atoms with Crippen LogP contribution < -0.4 is 15.0 Å². The Morgan fingerprint density at radius 3 is 2.55 bits per heavy atom. The van der Waals surface area contributed by atoms with Gasteiger partial charge in [-0.1, -0.05) is 6.07 Å². The molecule has 0 radical (unpaired) electrons. The number of methoxy groups -OCH3 is 1. The number of rotatable bonds is 9. The molecule has 9 nitrogen and oxygen atoms in total. The number of amides is 1. The highest BCUT2D eigenvalue weighted by Crippen LogP contribution is 2.31. The lowest BCUT2D eigenvalue weighted by Crippen LogP contribution is -2.24. The molecule has 0 aliphatic rings. The molecule has 198 valence electrons. The largest absolute Gasteiger partial charge is 0.481 e. The number of aromatic nitrogens is 4. The highest BCUT2D eigenvalue weighted by Gasteiger charge is 2.16. The predicted octanol–water partition coefficient (Wildman–Crippen LogP) is 4.69. The number of nitrogens with zero attached hydrogens (tertiary/aromatic N) is 6. The fourth-order valence-electron chi connectivity index (χ4n) is 3.92. The van der Waals surface area contributed by atoms with E-state index in [1.165, 1.54) is 18.1 Å². The summed E-state index contributed by atoms with van der Waals surface area (Å²) in [5, 5.41) is 3.98. The third kappa shape index (κ3) is 5.93. The summed E-state index contributed by atoms with van der Waals surface area (Å²) in [6, 6.07) is 12.2. The van der Waals surface area contributed by atoms with Gasteiger partial charge in [0, 0.05) is 37.8 Å². The smallest absolute Gasteiger partial charge is 0.280 e. The van der Waals surface area contributed by atoms with Gasteiger partial charge in [0.05, 0.1) is 43.2 Å². The number of benzene rings is 1. The van der Waals surface area contributed by atoms with Crippen molar-refractivity contribution in [3.63, 3.8) is 0 Å². The Hall–Kier alpha value is -4.41. The highest BCUT2D eigenvalue weighted by atomic mass is 19.3. The minimum Gasteiger partial charge on any atom is -0.481 e. The normalized spacial score (nSPS) is 11.1. The first-order valence-electron chi connectivity index (χ1n) is 11.9. The molecular formula is C27H29F2N7O2. The fraction of sp³-hybridized carbons (Fsp3) is 0.296. The lowest BCUT2D eigenvalue weighted by atomic mass is 10.1. The summed E-state index contributed by atoms with van der Waals surface area (Å²) in [5.41, 5.74) is 3.22. The molecule has 1 amide bonds. The van der Waals surface area contributed by atoms with E-state index >= 15 is 0 Å². The Morgan fingerprint density at radius 2 is 1.84 bits per heavy atom. The fourth-order valence-corrected chi connectivity index (χ4v) is 3.92. The summed E-state index contributed by atoms with van der Waals surface area (Å²) >= 11 is 0. The van der Waals surface area contributed by atoms with Crippen molar-refractivity contribution in [2.45, 2.75) is 26.3 Å². The van der Waals surface area contributed by atoms with E-state index in [2.05, 4.69) is 25.3 Å². The number of hydrogen-bond donors (Lipinski definition) is 1. The van der Waals surface area contributed by atoms with Crippen molar-refractivity contribution in [3.8, 4) is 5.88 Å². The van der Waals surface area contributed by atoms with Crippen molar-refractivity contribution in [3.05, 3.63) is 71.4 Å². The van der Waals surface area contributed by atoms with Gasteiger partial charge < -0.3 is 19.9 Å². The maximum Gasteiger partial charge on any atom is 0.280 e. The van der Waals surface area contributed by atoms with E-state index in [1.807, 2.05) is 36.2 Å². The van der Waals surface area contributed by atoms with Crippen molar-refractivity contribution in [2.75, 3.05) is 38.5 Å². The number of alkyl halides is 2. The number of aryl methyl sites for hydroxylation is 1. The van der Waals surface area contributed by atoms with E-state index in [0.29, 0.717) is 28.8 Å². The van der Waals surface area contributed by atoms with Crippen molar-refractivity contribution >= 4 is 34.0 Å². The van der Waals surface area contributed by atoms with Crippen LogP contribution in [0.4, 0.5) is 26.0 Å². The Labute approximate surface area is 219 Å². The van der Waals surface area contributed by atoms with Crippen LogP contribution >= 0.6 is 0 Å². The summed E-state index contributed by atoms with van der Waals surface area (Å²) in [7, 11) is 6.82. The Balaban J connectivity index is 1.65. The zero-order chi connectivity index (χ0) is 27.4. The van der Waals surface area contributed by atoms with Gasteiger partial charge in [-0.25, -0.2) is 28.7 Å². The van der Waals surface area contributed by atoms with Crippen molar-refractivity contribution in [1.82, 2.24) is 24.8 Å². The predicted molar refractivity (Wildman–Crippen MR) is 142 cm³/mol. The van der Waals surface area contributed by atoms with Gasteiger partial charge in [-0.05, 0) is 43.3 Å². The minimum absolute atomic E-state index is 0.0626. The van der Waals surface area contributed by atoms with Crippen LogP contribution in [0.1, 0.15) is 29.2 Å². The lowest BCUT2D eigenvalue weighted by Gasteiger charge is -2.22. The molecule has 1 aromatic carbocycles. The average Bonchev–Trinajstić information content (AvgIpc) is 2.91. The molecule has 4 rings (SSSR count). The molecule has 0 aliphatic heterocycles. The SMILES string of the molecule is COc1ncc(N(C)c2ccc3nc(C)nc(NCc4cccc(C(F)F)n4)c3c2)cc1CC(=O)N(C)C. The van der Waals surface area contributed by atoms with Gasteiger partial charge in [-0.15, -0.1) is 0 Å². The zero-order valence-electron chi connectivity index (χ0n) is 21.9. The number of carbonyl (C=O) groups is 1. The first-order valence-corrected chi connectivity index (χ1v) is 11.9. The highest BCUT2D eigenvalue weighted by molar-refractivity contribution is 5.92. The maximum atomic E-state index is 13.1. The summed E-state index contributed by atoms with van der Waals surface area (Å²) in [6.45, 7) is 2.01. The van der Waals surface area contributed by atoms with Crippen LogP contribution in [0, 0.1) is 6.92 Å². The quantitative estimate of drug-likeness (QED) is 0.339. The van der Waals surface area contributed by atoms with E-state index in [4.69, 9.17) is 4.74 Å². The molecule has 0 fully saturated rings. The van der Waals surface area contributed by atoms with Crippen molar-refractivity contribution in [2.24, 2.45) is 0 Å². The van der Waals surface area contributed by atoms with Crippen LogP contribution in [-0.4, -0.2) is 59.0 Å². The van der Waals surface area contributed by atoms with Gasteiger partial charge in [0.2, 0.25) is 11.8 Å². The second-order valence-corrected chi connectivity index (χ2v) is 8.91. The monoisotopic (exact) mass is 521 g/mol. The third-order valence-electron chi connectivity index (χ3n) is 6.00. The molecular weight excluding hydrogens is 492 g/mol. The summed E-state index contributed by atoms with van der Waals surface area (Å²) in [4.78, 5) is 33.3. The first-order chi connectivity index (χ1) is 18.2. The van der Waals surface area contributed by atoms with Gasteiger partial charge in [0.15, 0.2) is 0 Å². The van der Waals surface area contributed by atoms with E-state index in [9.17, 15) is 13.6 Å². The molecule has 38 heavy (non-hydrogen) atoms. The number of fused-ring (bicyclic) bond motifs is 1. The van der Waals surface area contributed by atoms with Gasteiger partial charge in [0.1, 0.15) is 17.3 Å². The van der Waals surface area contributed by atoms with E-state index in [0.717, 1.165) is 22.3 Å². The Bertz CT molecular complexity index is 1460. The first kappa shape index (κ1) is 26.6. The van der Waals surface area contributed by atoms with E-state index < -0.39 is 6.43 Å². The standard InChI is InChI=1S/C27H29F2N7O2/c1-16-32-22-10-9-19(36(4)20-11-17(12-24(37)35(2)3)27(38-5)31-15-20)13-21(22)26(33-16)30-14-18-7-6-8-23(34-18)25(28)29/h6-11,13,15,25H,12,14H2,1-5H3,(H,30,32,33). The van der Waals surface area contributed by atoms with Crippen LogP contribution in [0.2, 0.25) is 0 Å². The topological polar surface area (TPSA) is 96.4 Å². The van der Waals surface area contributed by atoms with Gasteiger partial charge in [0.25, 0.3) is 6.43 Å². The number of halogens is 2. The second kappa shape index (κ2) is 11.3. The molecule has 0 atom stereocenters. The van der Waals surface area contributed by atoms with Crippen LogP contribution in [0.15, 0.2) is 48.7 Å². The Morgan fingerprint density at radius 1 is 1.05 bits per heavy atom. The van der Waals surface area contributed by atoms with Gasteiger partial charge in [-0.3, -0.25) is 4.79 Å². The minimum atomic E-state index is -2.64. The number of hydrogen-bond acceptors (Lipinski definition) is 8. The Kier molecular flexibility index (Phi) is 7.94. The second-order valence-electron chi connectivity index (χ2n) is 8.91. The number of ether oxygens (including phenoxy) is 1. The van der Waals surface area contributed by atoms with Gasteiger partial charge in [-0.2, -0.15) is 0 Å². The molecule has 3 heterocycles. The van der Waals surface area contributed by atoms with Crippen molar-refractivity contribution in [1.29, 1.82) is 0 Å². The number of carbonyl (C=O) groups excluding carboxylic acids is 1. The van der Waals surface area contributed by atoms with Crippen molar-refractivity contribution < 1.29 is 18.3 Å². The molecule has 3 aromatic heterocycles. The number of likely N-dealkylation sites (N-methyl/N-ethyl adjacent to an activating group) is 1. The van der Waals surface area contributed by atoms with E-state index in [1.54, 1.807) is 39.3 Å². The lowest BCUT2D eigenvalue weighted by molar-refractivity contribution is -0.128. The molecule has 4 aromatic rings. The maximum absolute atomic E-state index is 13.1. The number of anilines is 3. The van der Waals surface area contributed by atoms with Crippen LogP contribution in [-0.2, 0) is 17.8 Å². The molecule has 0 saturated heterocycles. The molecule has 1 N–H and O–H groups in total. The van der Waals surface area contributed by atoms with Crippen LogP contribution in [0.5, 0.6) is 5.88 Å². The average molecular weight is 522 g/mol. The zero-order valence-corrected chi connectivity index (χ0v) is 21.9. The van der Waals surface area contributed by atoms with Crippen LogP contribution in [0.25, 0.3) is 10.9 Å². The summed E-state index contributed by atoms with van der Waals surface area (Å²) in [5.74, 6) is 1.48. The van der Waals surface area contributed by atoms with Crippen LogP contribution in [0.3, 0.4) is 0 Å². The molecule has 0 aliphatic carbocycles. The molecule has 11 heteroatoms. The molecule has 0 unspecified atom stereocenters. The summed E-state index contributed by atoms with van der Waals surface area (Å²) < 4.78 is 31.5. The third-order valence-corrected chi connectivity index (χ3v) is 6.00. The number of pyridine rings is 2. The molecule has 0 spiro atoms. The number of nitrogens with one attached hydrogen (secondary N) is 1. The van der Waals surface area contributed by atoms with E-state index in [-0.39, 0.29) is 24.6 Å².